The molecule has 0 aromatic heterocycles. The molecule has 1 amide bonds. The Morgan fingerprint density at radius 1 is 1.03 bits per heavy atom. The molecule has 1 aliphatic carbocycles. The summed E-state index contributed by atoms with van der Waals surface area (Å²) in [5, 5.41) is 10.2. The lowest BCUT2D eigenvalue weighted by Crippen LogP contribution is -2.50. The average molecular weight is 448 g/mol. The van der Waals surface area contributed by atoms with E-state index in [-0.39, 0.29) is 18.2 Å². The highest BCUT2D eigenvalue weighted by molar-refractivity contribution is 7.80. The Bertz CT molecular complexity index is 767. The van der Waals surface area contributed by atoms with Crippen molar-refractivity contribution < 1.29 is 19.0 Å². The van der Waals surface area contributed by atoms with Crippen LogP contribution in [0.4, 0.5) is 10.5 Å². The number of hydrogen-bond acceptors (Lipinski definition) is 5. The zero-order valence-electron chi connectivity index (χ0n) is 18.3. The van der Waals surface area contributed by atoms with Gasteiger partial charge in [0.25, 0.3) is 0 Å². The number of thiocarbonyl (C=S) groups is 1. The maximum Gasteiger partial charge on any atom is 0.412 e. The molecule has 170 valence electrons. The molecule has 0 radical (unpaired) electrons. The molecule has 4 rings (SSSR count). The minimum atomic E-state index is -0.499. The molecule has 0 spiro atoms. The van der Waals surface area contributed by atoms with Gasteiger partial charge in [0.1, 0.15) is 12.2 Å². The summed E-state index contributed by atoms with van der Waals surface area (Å²) >= 11 is 5.50. The summed E-state index contributed by atoms with van der Waals surface area (Å²) in [6, 6.07) is 8.19. The Balaban J connectivity index is 1.24. The molecule has 0 unspecified atom stereocenters. The third kappa shape index (κ3) is 5.67. The SMILES string of the molecule is CC(C)c1ccc(NC(=O)O[C@H]2CO[C@@H]3[C@@H]2OC[C@@H]3NC(=S)NC2CCCCC2)cc1. The van der Waals surface area contributed by atoms with Crippen molar-refractivity contribution in [3.8, 4) is 0 Å². The van der Waals surface area contributed by atoms with E-state index in [1.54, 1.807) is 0 Å². The Kier molecular flexibility index (Phi) is 7.30. The first-order valence-corrected chi connectivity index (χ1v) is 11.8. The molecule has 3 fully saturated rings. The smallest absolute Gasteiger partial charge is 0.412 e. The molecule has 7 nitrogen and oxygen atoms in total. The Morgan fingerprint density at radius 3 is 2.45 bits per heavy atom. The number of fused-ring (bicyclic) bond motifs is 1. The van der Waals surface area contributed by atoms with Gasteiger partial charge in [0.05, 0.1) is 19.3 Å². The highest BCUT2D eigenvalue weighted by atomic mass is 32.1. The standard InChI is InChI=1S/C23H33N3O4S/c1-14(2)15-8-10-17(11-9-15)25-23(27)30-19-13-29-20-18(12-28-21(19)20)26-22(31)24-16-6-4-3-5-7-16/h8-11,14,16,18-21H,3-7,12-13H2,1-2H3,(H,25,27)(H2,24,26,31)/t18-,19-,20-,21+/m0/s1. The highest BCUT2D eigenvalue weighted by Gasteiger charge is 2.49. The van der Waals surface area contributed by atoms with Crippen molar-refractivity contribution in [2.75, 3.05) is 18.5 Å². The average Bonchev–Trinajstić information content (AvgIpc) is 3.32. The van der Waals surface area contributed by atoms with Gasteiger partial charge in [-0.3, -0.25) is 5.32 Å². The van der Waals surface area contributed by atoms with E-state index in [1.807, 2.05) is 24.3 Å². The summed E-state index contributed by atoms with van der Waals surface area (Å²) in [6.45, 7) is 5.06. The van der Waals surface area contributed by atoms with Gasteiger partial charge in [0.2, 0.25) is 0 Å². The molecule has 1 aromatic rings. The van der Waals surface area contributed by atoms with Crippen LogP contribution in [-0.2, 0) is 14.2 Å². The monoisotopic (exact) mass is 447 g/mol. The van der Waals surface area contributed by atoms with Gasteiger partial charge < -0.3 is 24.8 Å². The zero-order chi connectivity index (χ0) is 21.8. The molecule has 0 bridgehead atoms. The fourth-order valence-electron chi connectivity index (χ4n) is 4.57. The fourth-order valence-corrected chi connectivity index (χ4v) is 4.89. The van der Waals surface area contributed by atoms with Crippen molar-refractivity contribution in [2.45, 2.75) is 82.3 Å². The quantitative estimate of drug-likeness (QED) is 0.594. The summed E-state index contributed by atoms with van der Waals surface area (Å²) in [7, 11) is 0. The largest absolute Gasteiger partial charge is 0.441 e. The number of amides is 1. The molecule has 8 heteroatoms. The maximum atomic E-state index is 12.4. The van der Waals surface area contributed by atoms with Gasteiger partial charge in [-0.05, 0) is 48.7 Å². The predicted molar refractivity (Wildman–Crippen MR) is 123 cm³/mol. The van der Waals surface area contributed by atoms with E-state index < -0.39 is 12.2 Å². The summed E-state index contributed by atoms with van der Waals surface area (Å²) in [5.74, 6) is 0.445. The van der Waals surface area contributed by atoms with Crippen LogP contribution >= 0.6 is 12.2 Å². The zero-order valence-corrected chi connectivity index (χ0v) is 19.1. The van der Waals surface area contributed by atoms with E-state index >= 15 is 0 Å². The lowest BCUT2D eigenvalue weighted by atomic mass is 9.96. The lowest BCUT2D eigenvalue weighted by Gasteiger charge is -2.26. The van der Waals surface area contributed by atoms with Gasteiger partial charge >= 0.3 is 6.09 Å². The first-order chi connectivity index (χ1) is 15.0. The minimum Gasteiger partial charge on any atom is -0.441 e. The van der Waals surface area contributed by atoms with Crippen LogP contribution in [0.3, 0.4) is 0 Å². The number of ether oxygens (including phenoxy) is 3. The van der Waals surface area contributed by atoms with Crippen molar-refractivity contribution in [1.82, 2.24) is 10.6 Å². The number of rotatable bonds is 5. The van der Waals surface area contributed by atoms with E-state index in [9.17, 15) is 4.79 Å². The number of nitrogens with one attached hydrogen (secondary N) is 3. The molecule has 3 N–H and O–H groups in total. The number of carbonyl (C=O) groups excluding carboxylic acids is 1. The van der Waals surface area contributed by atoms with Crippen molar-refractivity contribution in [1.29, 1.82) is 0 Å². The van der Waals surface area contributed by atoms with Crippen LogP contribution < -0.4 is 16.0 Å². The molecule has 1 aromatic carbocycles. The summed E-state index contributed by atoms with van der Waals surface area (Å²) in [5.41, 5.74) is 1.93. The molecule has 4 atom stereocenters. The van der Waals surface area contributed by atoms with Crippen LogP contribution in [0.25, 0.3) is 0 Å². The first kappa shape index (κ1) is 22.3. The van der Waals surface area contributed by atoms with Crippen molar-refractivity contribution in [3.05, 3.63) is 29.8 Å². The fraction of sp³-hybridized carbons (Fsp3) is 0.652. The van der Waals surface area contributed by atoms with Crippen LogP contribution in [0.1, 0.15) is 57.4 Å². The summed E-state index contributed by atoms with van der Waals surface area (Å²) < 4.78 is 17.4. The van der Waals surface area contributed by atoms with Gasteiger partial charge in [-0.15, -0.1) is 0 Å². The first-order valence-electron chi connectivity index (χ1n) is 11.4. The van der Waals surface area contributed by atoms with Gasteiger partial charge in [-0.2, -0.15) is 0 Å². The molecule has 3 aliphatic rings. The predicted octanol–water partition coefficient (Wildman–Crippen LogP) is 3.69. The molecule has 2 saturated heterocycles. The maximum absolute atomic E-state index is 12.4. The van der Waals surface area contributed by atoms with Crippen LogP contribution in [0, 0.1) is 0 Å². The van der Waals surface area contributed by atoms with Crippen LogP contribution in [-0.4, -0.2) is 54.8 Å². The van der Waals surface area contributed by atoms with E-state index in [2.05, 4.69) is 29.8 Å². The third-order valence-corrected chi connectivity index (χ3v) is 6.58. The van der Waals surface area contributed by atoms with E-state index in [1.165, 1.54) is 24.8 Å². The molecular weight excluding hydrogens is 414 g/mol. The number of benzene rings is 1. The van der Waals surface area contributed by atoms with Crippen molar-refractivity contribution in [3.63, 3.8) is 0 Å². The van der Waals surface area contributed by atoms with E-state index in [4.69, 9.17) is 26.4 Å². The molecule has 2 heterocycles. The van der Waals surface area contributed by atoms with Crippen LogP contribution in [0.5, 0.6) is 0 Å². The second kappa shape index (κ2) is 10.1. The normalized spacial score (nSPS) is 28.2. The van der Waals surface area contributed by atoms with Crippen LogP contribution in [0.15, 0.2) is 24.3 Å². The number of anilines is 1. The van der Waals surface area contributed by atoms with Crippen LogP contribution in [0.2, 0.25) is 0 Å². The second-order valence-electron chi connectivity index (χ2n) is 9.00. The molecule has 1 saturated carbocycles. The van der Waals surface area contributed by atoms with E-state index in [0.29, 0.717) is 36.0 Å². The van der Waals surface area contributed by atoms with Crippen molar-refractivity contribution >= 4 is 29.1 Å². The Hall–Kier alpha value is -1.90. The van der Waals surface area contributed by atoms with E-state index in [0.717, 1.165) is 12.8 Å². The van der Waals surface area contributed by atoms with Crippen molar-refractivity contribution in [2.24, 2.45) is 0 Å². The molecule has 31 heavy (non-hydrogen) atoms. The van der Waals surface area contributed by atoms with Gasteiger partial charge in [-0.25, -0.2) is 4.79 Å². The lowest BCUT2D eigenvalue weighted by molar-refractivity contribution is 0.00879. The summed E-state index contributed by atoms with van der Waals surface area (Å²) in [6.07, 6.45) is 4.73. The third-order valence-electron chi connectivity index (χ3n) is 6.35. The van der Waals surface area contributed by atoms with Gasteiger partial charge in [0, 0.05) is 11.7 Å². The topological polar surface area (TPSA) is 80.9 Å². The molecular formula is C23H33N3O4S. The highest BCUT2D eigenvalue weighted by Crippen LogP contribution is 2.29. The Labute approximate surface area is 189 Å². The van der Waals surface area contributed by atoms with Gasteiger partial charge in [0.15, 0.2) is 11.2 Å². The Morgan fingerprint density at radius 2 is 1.74 bits per heavy atom. The number of carbonyl (C=O) groups is 1. The second-order valence-corrected chi connectivity index (χ2v) is 9.41. The van der Waals surface area contributed by atoms with Gasteiger partial charge in [-0.1, -0.05) is 45.2 Å². The minimum absolute atomic E-state index is 0.0474. The summed E-state index contributed by atoms with van der Waals surface area (Å²) in [4.78, 5) is 12.4. The number of hydrogen-bond donors (Lipinski definition) is 3. The molecule has 2 aliphatic heterocycles.